The first-order chi connectivity index (χ1) is 21.5. The number of para-hydroxylation sites is 1. The van der Waals surface area contributed by atoms with Crippen molar-refractivity contribution in [2.24, 2.45) is 0 Å². The fourth-order valence-electron chi connectivity index (χ4n) is 5.29. The van der Waals surface area contributed by atoms with Crippen LogP contribution in [0.25, 0.3) is 15.2 Å². The summed E-state index contributed by atoms with van der Waals surface area (Å²) < 4.78 is 23.1. The van der Waals surface area contributed by atoms with Crippen LogP contribution >= 0.6 is 23.1 Å². The summed E-state index contributed by atoms with van der Waals surface area (Å²) in [7, 11) is 0. The fourth-order valence-corrected chi connectivity index (χ4v) is 7.06. The number of thiazole rings is 1. The van der Waals surface area contributed by atoms with Gasteiger partial charge < -0.3 is 15.0 Å². The number of thioether (sulfide) groups is 1. The number of halogens is 1. The maximum absolute atomic E-state index is 13.7. The quantitative estimate of drug-likeness (QED) is 0.198. The summed E-state index contributed by atoms with van der Waals surface area (Å²) >= 11 is 2.87. The molecule has 4 aromatic carbocycles. The molecule has 2 amide bonds. The Morgan fingerprint density at radius 1 is 0.864 bits per heavy atom. The maximum atomic E-state index is 13.7. The number of rotatable bonds is 7. The van der Waals surface area contributed by atoms with Crippen LogP contribution in [-0.2, 0) is 9.53 Å². The molecule has 1 aliphatic heterocycles. The van der Waals surface area contributed by atoms with E-state index in [0.717, 1.165) is 26.3 Å². The molecule has 2 unspecified atom stereocenters. The number of ether oxygens (including phenoxy) is 1. The lowest BCUT2D eigenvalue weighted by Gasteiger charge is -2.38. The topological polar surface area (TPSA) is 88.8 Å². The van der Waals surface area contributed by atoms with E-state index in [1.54, 1.807) is 52.6 Å². The summed E-state index contributed by atoms with van der Waals surface area (Å²) in [5.74, 6) is -0.500. The predicted molar refractivity (Wildman–Crippen MR) is 169 cm³/mol. The number of nitrogens with one attached hydrogen (secondary N) is 1. The molecule has 2 atom stereocenters. The number of fused-ring (bicyclic) bond motifs is 3. The van der Waals surface area contributed by atoms with Gasteiger partial charge in [0.2, 0.25) is 10.9 Å². The normalized spacial score (nSPS) is 16.8. The van der Waals surface area contributed by atoms with Crippen molar-refractivity contribution < 1.29 is 18.7 Å². The van der Waals surface area contributed by atoms with Gasteiger partial charge in [0, 0.05) is 11.3 Å². The Bertz CT molecular complexity index is 1940. The minimum atomic E-state index is -0.409. The van der Waals surface area contributed by atoms with Crippen LogP contribution in [0, 0.1) is 5.82 Å². The number of hydrogen-bond acceptors (Lipinski definition) is 7. The molecular weight excluding hydrogens is 598 g/mol. The SMILES string of the molecule is O=C(CSc1nnc2sc3ccccc3n12)Nc1ccc(C(=O)N2CC(c3ccccc3)OC(c3ccc(F)cc3)C2)cc1. The molecule has 1 N–H and O–H groups in total. The number of amides is 2. The van der Waals surface area contributed by atoms with Crippen LogP contribution in [-0.4, -0.2) is 50.2 Å². The summed E-state index contributed by atoms with van der Waals surface area (Å²) in [6.07, 6.45) is -0.744. The second kappa shape index (κ2) is 12.2. The zero-order valence-electron chi connectivity index (χ0n) is 23.3. The van der Waals surface area contributed by atoms with E-state index in [2.05, 4.69) is 15.5 Å². The van der Waals surface area contributed by atoms with Crippen LogP contribution in [0.1, 0.15) is 33.7 Å². The molecule has 44 heavy (non-hydrogen) atoms. The summed E-state index contributed by atoms with van der Waals surface area (Å²) in [5, 5.41) is 12.1. The van der Waals surface area contributed by atoms with E-state index in [1.807, 2.05) is 59.0 Å². The van der Waals surface area contributed by atoms with Crippen molar-refractivity contribution in [3.63, 3.8) is 0 Å². The van der Waals surface area contributed by atoms with E-state index in [1.165, 1.54) is 23.9 Å². The van der Waals surface area contributed by atoms with E-state index in [-0.39, 0.29) is 29.5 Å². The second-order valence-corrected chi connectivity index (χ2v) is 12.3. The Labute approximate surface area is 260 Å². The number of aromatic nitrogens is 3. The summed E-state index contributed by atoms with van der Waals surface area (Å²) in [6.45, 7) is 0.713. The average molecular weight is 624 g/mol. The van der Waals surface area contributed by atoms with Crippen molar-refractivity contribution in [3.05, 3.63) is 126 Å². The smallest absolute Gasteiger partial charge is 0.254 e. The highest BCUT2D eigenvalue weighted by Crippen LogP contribution is 2.34. The number of hydrogen-bond donors (Lipinski definition) is 1. The number of anilines is 1. The van der Waals surface area contributed by atoms with Crippen LogP contribution < -0.4 is 5.32 Å². The molecule has 8 nitrogen and oxygen atoms in total. The Morgan fingerprint density at radius 2 is 1.55 bits per heavy atom. The van der Waals surface area contributed by atoms with Crippen molar-refractivity contribution in [1.82, 2.24) is 19.5 Å². The molecule has 1 saturated heterocycles. The molecule has 7 rings (SSSR count). The molecule has 6 aromatic rings. The molecule has 0 radical (unpaired) electrons. The van der Waals surface area contributed by atoms with Gasteiger partial charge in [-0.25, -0.2) is 4.39 Å². The highest BCUT2D eigenvalue weighted by Gasteiger charge is 2.33. The largest absolute Gasteiger partial charge is 0.362 e. The Kier molecular flexibility index (Phi) is 7.82. The molecule has 0 bridgehead atoms. The standard InChI is InChI=1S/C33H26FN5O3S2/c34-24-14-10-22(11-15-24)28-19-38(18-27(42-28)21-6-2-1-3-7-21)31(41)23-12-16-25(17-13-23)35-30(40)20-43-32-36-37-33-39(32)26-8-4-5-9-29(26)44-33/h1-17,27-28H,18-20H2,(H,35,40). The van der Waals surface area contributed by atoms with Crippen LogP contribution in [0.2, 0.25) is 0 Å². The first-order valence-electron chi connectivity index (χ1n) is 14.0. The fraction of sp³-hybridized carbons (Fsp3) is 0.152. The molecule has 0 aliphatic carbocycles. The van der Waals surface area contributed by atoms with Crippen molar-refractivity contribution in [2.45, 2.75) is 17.4 Å². The van der Waals surface area contributed by atoms with Gasteiger partial charge in [-0.1, -0.05) is 77.7 Å². The molecule has 1 fully saturated rings. The average Bonchev–Trinajstić information content (AvgIpc) is 3.64. The highest BCUT2D eigenvalue weighted by molar-refractivity contribution is 7.99. The second-order valence-electron chi connectivity index (χ2n) is 10.4. The highest BCUT2D eigenvalue weighted by atomic mass is 32.2. The zero-order chi connectivity index (χ0) is 30.0. The Hall–Kier alpha value is -4.58. The summed E-state index contributed by atoms with van der Waals surface area (Å²) in [4.78, 5) is 29.0. The first-order valence-corrected chi connectivity index (χ1v) is 15.8. The van der Waals surface area contributed by atoms with Gasteiger partial charge in [-0.3, -0.25) is 14.0 Å². The van der Waals surface area contributed by atoms with E-state index in [9.17, 15) is 14.0 Å². The molecule has 2 aromatic heterocycles. The lowest BCUT2D eigenvalue weighted by molar-refractivity contribution is -0.113. The van der Waals surface area contributed by atoms with Crippen molar-refractivity contribution in [1.29, 1.82) is 0 Å². The number of carbonyl (C=O) groups is 2. The molecule has 0 spiro atoms. The predicted octanol–water partition coefficient (Wildman–Crippen LogP) is 6.77. The molecule has 1 aliphatic rings. The third-order valence-corrected chi connectivity index (χ3v) is 9.40. The maximum Gasteiger partial charge on any atom is 0.254 e. The van der Waals surface area contributed by atoms with Gasteiger partial charge in [-0.05, 0) is 59.7 Å². The number of carbonyl (C=O) groups excluding carboxylic acids is 2. The monoisotopic (exact) mass is 623 g/mol. The molecular formula is C33H26FN5O3S2. The van der Waals surface area contributed by atoms with Crippen LogP contribution in [0.5, 0.6) is 0 Å². The van der Waals surface area contributed by atoms with E-state index in [4.69, 9.17) is 4.74 Å². The third kappa shape index (κ3) is 5.81. The van der Waals surface area contributed by atoms with Gasteiger partial charge in [0.25, 0.3) is 5.91 Å². The van der Waals surface area contributed by atoms with E-state index in [0.29, 0.717) is 29.5 Å². The number of benzene rings is 4. The van der Waals surface area contributed by atoms with Gasteiger partial charge in [-0.2, -0.15) is 0 Å². The van der Waals surface area contributed by atoms with Crippen LogP contribution in [0.3, 0.4) is 0 Å². The molecule has 220 valence electrons. The molecule has 3 heterocycles. The first kappa shape index (κ1) is 28.2. The minimum absolute atomic E-state index is 0.145. The van der Waals surface area contributed by atoms with Crippen molar-refractivity contribution in [2.75, 3.05) is 24.2 Å². The van der Waals surface area contributed by atoms with Crippen molar-refractivity contribution >= 4 is 55.8 Å². The van der Waals surface area contributed by atoms with Gasteiger partial charge in [0.05, 0.1) is 29.1 Å². The van der Waals surface area contributed by atoms with E-state index >= 15 is 0 Å². The van der Waals surface area contributed by atoms with Crippen LogP contribution in [0.4, 0.5) is 10.1 Å². The van der Waals surface area contributed by atoms with Crippen molar-refractivity contribution in [3.8, 4) is 0 Å². The Balaban J connectivity index is 1.02. The van der Waals surface area contributed by atoms with E-state index < -0.39 is 6.10 Å². The lowest BCUT2D eigenvalue weighted by atomic mass is 10.0. The zero-order valence-corrected chi connectivity index (χ0v) is 24.9. The molecule has 11 heteroatoms. The van der Waals surface area contributed by atoms with Gasteiger partial charge >= 0.3 is 0 Å². The van der Waals surface area contributed by atoms with Gasteiger partial charge in [-0.15, -0.1) is 10.2 Å². The minimum Gasteiger partial charge on any atom is -0.362 e. The number of morpholine rings is 1. The van der Waals surface area contributed by atoms with Gasteiger partial charge in [0.15, 0.2) is 5.16 Å². The Morgan fingerprint density at radius 3 is 2.30 bits per heavy atom. The summed E-state index contributed by atoms with van der Waals surface area (Å²) in [6, 6.07) is 30.8. The number of nitrogens with zero attached hydrogens (tertiary/aromatic N) is 4. The summed E-state index contributed by atoms with van der Waals surface area (Å²) in [5.41, 5.74) is 3.87. The lowest BCUT2D eigenvalue weighted by Crippen LogP contribution is -2.43. The third-order valence-electron chi connectivity index (χ3n) is 7.46. The molecule has 0 saturated carbocycles. The van der Waals surface area contributed by atoms with Gasteiger partial charge in [0.1, 0.15) is 18.0 Å². The van der Waals surface area contributed by atoms with Crippen LogP contribution in [0.15, 0.2) is 108 Å².